The van der Waals surface area contributed by atoms with Gasteiger partial charge in [-0.05, 0) is 43.3 Å². The molecule has 0 atom stereocenters. The molecule has 3 rings (SSSR count). The van der Waals surface area contributed by atoms with Crippen molar-refractivity contribution in [3.63, 3.8) is 0 Å². The minimum Gasteiger partial charge on any atom is -0.455 e. The number of rotatable bonds is 4. The second kappa shape index (κ2) is 6.90. The summed E-state index contributed by atoms with van der Waals surface area (Å²) in [7, 11) is 0. The van der Waals surface area contributed by atoms with E-state index in [0.29, 0.717) is 21.6 Å². The van der Waals surface area contributed by atoms with Gasteiger partial charge in [-0.1, -0.05) is 23.2 Å². The molecule has 8 heteroatoms. The highest BCUT2D eigenvalue weighted by atomic mass is 35.5. The van der Waals surface area contributed by atoms with Gasteiger partial charge >= 0.3 is 0 Å². The molecule has 1 aromatic carbocycles. The fraction of sp³-hybridized carbons (Fsp3) is 0.0625. The fourth-order valence-corrected chi connectivity index (χ4v) is 2.27. The van der Waals surface area contributed by atoms with Crippen molar-refractivity contribution >= 4 is 35.3 Å². The van der Waals surface area contributed by atoms with Crippen LogP contribution < -0.4 is 5.43 Å². The van der Waals surface area contributed by atoms with E-state index in [-0.39, 0.29) is 5.69 Å². The molecule has 0 fully saturated rings. The first-order valence-corrected chi connectivity index (χ1v) is 7.69. The number of hydrogen-bond donors (Lipinski definition) is 2. The second-order valence-corrected chi connectivity index (χ2v) is 5.78. The topological polar surface area (TPSA) is 83.3 Å². The molecule has 0 bridgehead atoms. The van der Waals surface area contributed by atoms with Crippen molar-refractivity contribution in [1.29, 1.82) is 0 Å². The van der Waals surface area contributed by atoms with Gasteiger partial charge in [0.05, 0.1) is 16.3 Å². The van der Waals surface area contributed by atoms with E-state index in [1.807, 2.05) is 0 Å². The molecule has 0 aliphatic heterocycles. The predicted molar refractivity (Wildman–Crippen MR) is 92.5 cm³/mol. The zero-order chi connectivity index (χ0) is 17.1. The van der Waals surface area contributed by atoms with Crippen LogP contribution in [0, 0.1) is 6.92 Å². The molecule has 2 N–H and O–H groups in total. The monoisotopic (exact) mass is 362 g/mol. The van der Waals surface area contributed by atoms with E-state index in [9.17, 15) is 4.79 Å². The summed E-state index contributed by atoms with van der Waals surface area (Å²) >= 11 is 11.9. The average Bonchev–Trinajstić information content (AvgIpc) is 3.19. The third-order valence-corrected chi connectivity index (χ3v) is 3.87. The summed E-state index contributed by atoms with van der Waals surface area (Å²) in [5.41, 5.74) is 4.22. The smallest absolute Gasteiger partial charge is 0.291 e. The number of H-pyrrole nitrogens is 1. The maximum Gasteiger partial charge on any atom is 0.291 e. The number of aryl methyl sites for hydroxylation is 1. The van der Waals surface area contributed by atoms with Gasteiger partial charge in [-0.25, -0.2) is 5.43 Å². The Morgan fingerprint density at radius 2 is 2.08 bits per heavy atom. The number of hydrazone groups is 1. The number of furan rings is 1. The highest BCUT2D eigenvalue weighted by molar-refractivity contribution is 6.42. The van der Waals surface area contributed by atoms with E-state index in [1.165, 1.54) is 6.21 Å². The van der Waals surface area contributed by atoms with Crippen molar-refractivity contribution in [2.45, 2.75) is 6.92 Å². The van der Waals surface area contributed by atoms with Gasteiger partial charge in [-0.2, -0.15) is 10.2 Å². The highest BCUT2D eigenvalue weighted by Crippen LogP contribution is 2.29. The molecule has 0 spiro atoms. The molecule has 0 unspecified atom stereocenters. The summed E-state index contributed by atoms with van der Waals surface area (Å²) in [6, 6.07) is 10.3. The lowest BCUT2D eigenvalue weighted by atomic mass is 10.2. The zero-order valence-electron chi connectivity index (χ0n) is 12.5. The molecular formula is C16H12Cl2N4O2. The van der Waals surface area contributed by atoms with Crippen LogP contribution in [0.15, 0.2) is 45.9 Å². The summed E-state index contributed by atoms with van der Waals surface area (Å²) in [6.45, 7) is 1.81. The first-order chi connectivity index (χ1) is 11.5. The maximum atomic E-state index is 11.8. The molecule has 1 amide bonds. The van der Waals surface area contributed by atoms with Crippen LogP contribution in [0.3, 0.4) is 0 Å². The van der Waals surface area contributed by atoms with E-state index in [0.717, 1.165) is 11.3 Å². The summed E-state index contributed by atoms with van der Waals surface area (Å²) in [6.07, 6.45) is 1.40. The minimum absolute atomic E-state index is 0.264. The molecule has 24 heavy (non-hydrogen) atoms. The number of halogens is 2. The van der Waals surface area contributed by atoms with Crippen LogP contribution in [0.25, 0.3) is 11.3 Å². The van der Waals surface area contributed by atoms with Crippen LogP contribution in [0.1, 0.15) is 21.9 Å². The van der Waals surface area contributed by atoms with Crippen LogP contribution in [-0.2, 0) is 0 Å². The Labute approximate surface area is 147 Å². The molecule has 0 aliphatic carbocycles. The van der Waals surface area contributed by atoms with E-state index < -0.39 is 5.91 Å². The number of nitrogens with zero attached hydrogens (tertiary/aromatic N) is 2. The first kappa shape index (κ1) is 16.3. The van der Waals surface area contributed by atoms with Crippen molar-refractivity contribution in [1.82, 2.24) is 15.6 Å². The third kappa shape index (κ3) is 3.67. The summed E-state index contributed by atoms with van der Waals surface area (Å²) in [5, 5.41) is 11.3. The highest BCUT2D eigenvalue weighted by Gasteiger charge is 2.08. The van der Waals surface area contributed by atoms with Crippen molar-refractivity contribution in [3.05, 3.63) is 63.6 Å². The quantitative estimate of drug-likeness (QED) is 0.542. The molecular weight excluding hydrogens is 351 g/mol. The summed E-state index contributed by atoms with van der Waals surface area (Å²) < 4.78 is 5.63. The number of carbonyl (C=O) groups excluding carboxylic acids is 1. The fourth-order valence-electron chi connectivity index (χ4n) is 1.97. The number of benzene rings is 1. The van der Waals surface area contributed by atoms with Gasteiger partial charge in [0.1, 0.15) is 11.5 Å². The lowest BCUT2D eigenvalue weighted by Crippen LogP contribution is -2.17. The Morgan fingerprint density at radius 1 is 1.25 bits per heavy atom. The molecule has 0 aliphatic rings. The normalized spacial score (nSPS) is 11.1. The molecule has 122 valence electrons. The molecule has 2 aromatic heterocycles. The van der Waals surface area contributed by atoms with Gasteiger partial charge < -0.3 is 4.42 Å². The second-order valence-electron chi connectivity index (χ2n) is 4.97. The Kier molecular flexibility index (Phi) is 4.69. The number of aromatic nitrogens is 2. The van der Waals surface area contributed by atoms with Crippen molar-refractivity contribution in [2.75, 3.05) is 0 Å². The van der Waals surface area contributed by atoms with E-state index in [2.05, 4.69) is 20.7 Å². The van der Waals surface area contributed by atoms with Gasteiger partial charge in [-0.3, -0.25) is 9.89 Å². The van der Waals surface area contributed by atoms with Crippen molar-refractivity contribution < 1.29 is 9.21 Å². The van der Waals surface area contributed by atoms with E-state index >= 15 is 0 Å². The maximum absolute atomic E-state index is 11.8. The number of aromatic amines is 1. The minimum atomic E-state index is -0.410. The Bertz CT molecular complexity index is 914. The number of nitrogens with one attached hydrogen (secondary N) is 2. The van der Waals surface area contributed by atoms with Crippen LogP contribution in [0.4, 0.5) is 0 Å². The zero-order valence-corrected chi connectivity index (χ0v) is 14.0. The van der Waals surface area contributed by atoms with Gasteiger partial charge in [0.15, 0.2) is 5.69 Å². The van der Waals surface area contributed by atoms with Gasteiger partial charge in [-0.15, -0.1) is 0 Å². The molecule has 6 nitrogen and oxygen atoms in total. The molecule has 3 aromatic rings. The molecule has 0 saturated heterocycles. The molecule has 0 saturated carbocycles. The standard InChI is InChI=1S/C16H12Cl2N4O2/c1-9-6-14(21-20-9)16(23)22-19-8-11-3-5-15(24-11)10-2-4-12(17)13(18)7-10/h2-8H,1H3,(H,20,21)(H,22,23)/b19-8-. The molecule has 2 heterocycles. The SMILES string of the molecule is Cc1cc(C(=O)N/N=C\c2ccc(-c3ccc(Cl)c(Cl)c3)o2)n[nH]1. The van der Waals surface area contributed by atoms with Gasteiger partial charge in [0, 0.05) is 11.3 Å². The van der Waals surface area contributed by atoms with Crippen LogP contribution >= 0.6 is 23.2 Å². The Morgan fingerprint density at radius 3 is 2.79 bits per heavy atom. The number of hydrogen-bond acceptors (Lipinski definition) is 4. The summed E-state index contributed by atoms with van der Waals surface area (Å²) in [4.78, 5) is 11.8. The average molecular weight is 363 g/mol. The van der Waals surface area contributed by atoms with E-state index in [4.69, 9.17) is 27.6 Å². The van der Waals surface area contributed by atoms with Crippen LogP contribution in [-0.4, -0.2) is 22.3 Å². The molecule has 0 radical (unpaired) electrons. The summed E-state index contributed by atoms with van der Waals surface area (Å²) in [5.74, 6) is 0.686. The number of amides is 1. The van der Waals surface area contributed by atoms with Crippen LogP contribution in [0.2, 0.25) is 10.0 Å². The largest absolute Gasteiger partial charge is 0.455 e. The Hall–Kier alpha value is -2.57. The first-order valence-electron chi connectivity index (χ1n) is 6.93. The van der Waals surface area contributed by atoms with Gasteiger partial charge in [0.25, 0.3) is 5.91 Å². The lowest BCUT2D eigenvalue weighted by molar-refractivity contribution is 0.0950. The van der Waals surface area contributed by atoms with Crippen molar-refractivity contribution in [3.8, 4) is 11.3 Å². The Balaban J connectivity index is 1.67. The third-order valence-electron chi connectivity index (χ3n) is 3.13. The van der Waals surface area contributed by atoms with Crippen LogP contribution in [0.5, 0.6) is 0 Å². The number of carbonyl (C=O) groups is 1. The van der Waals surface area contributed by atoms with E-state index in [1.54, 1.807) is 43.3 Å². The predicted octanol–water partition coefficient (Wildman–Crippen LogP) is 4.05. The van der Waals surface area contributed by atoms with Gasteiger partial charge in [0.2, 0.25) is 0 Å². The lowest BCUT2D eigenvalue weighted by Gasteiger charge is -1.99. The van der Waals surface area contributed by atoms with Crippen molar-refractivity contribution in [2.24, 2.45) is 5.10 Å².